The Hall–Kier alpha value is -1.27. The van der Waals surface area contributed by atoms with Crippen molar-refractivity contribution in [2.45, 2.75) is 25.4 Å². The average Bonchev–Trinajstić information content (AvgIpc) is 2.42. The lowest BCUT2D eigenvalue weighted by Gasteiger charge is -2.22. The van der Waals surface area contributed by atoms with Gasteiger partial charge in [-0.2, -0.15) is 0 Å². The first kappa shape index (κ1) is 14.1. The van der Waals surface area contributed by atoms with Crippen LogP contribution in [0.15, 0.2) is 12.3 Å². The first-order valence-corrected chi connectivity index (χ1v) is 6.63. The summed E-state index contributed by atoms with van der Waals surface area (Å²) >= 11 is 0. The van der Waals surface area contributed by atoms with Gasteiger partial charge in [-0.05, 0) is 32.4 Å². The highest BCUT2D eigenvalue weighted by Gasteiger charge is 2.12. The molecule has 2 N–H and O–H groups in total. The van der Waals surface area contributed by atoms with Crippen molar-refractivity contribution in [2.24, 2.45) is 0 Å². The highest BCUT2D eigenvalue weighted by Crippen LogP contribution is 2.11. The van der Waals surface area contributed by atoms with Gasteiger partial charge in [-0.1, -0.05) is 0 Å². The minimum Gasteiger partial charge on any atom is -0.378 e. The van der Waals surface area contributed by atoms with Crippen LogP contribution in [0, 0.1) is 11.6 Å². The van der Waals surface area contributed by atoms with Crippen molar-refractivity contribution in [3.63, 3.8) is 0 Å². The van der Waals surface area contributed by atoms with Crippen molar-refractivity contribution in [1.82, 2.24) is 10.3 Å². The summed E-state index contributed by atoms with van der Waals surface area (Å²) in [6.45, 7) is 3.21. The molecule has 0 aromatic carbocycles. The highest BCUT2D eigenvalue weighted by atomic mass is 19.1. The van der Waals surface area contributed by atoms with E-state index in [9.17, 15) is 8.78 Å². The van der Waals surface area contributed by atoms with Crippen LogP contribution in [0.4, 0.5) is 14.6 Å². The SMILES string of the molecule is Fc1cnc(NCCCOC2CCNCC2)c(F)c1. The van der Waals surface area contributed by atoms with Crippen molar-refractivity contribution in [1.29, 1.82) is 0 Å². The summed E-state index contributed by atoms with van der Waals surface area (Å²) in [6.07, 6.45) is 4.18. The molecule has 0 aliphatic carbocycles. The molecule has 1 aromatic rings. The Morgan fingerprint density at radius 2 is 2.16 bits per heavy atom. The van der Waals surface area contributed by atoms with Gasteiger partial charge in [-0.15, -0.1) is 0 Å². The van der Waals surface area contributed by atoms with Gasteiger partial charge in [0.05, 0.1) is 12.3 Å². The van der Waals surface area contributed by atoms with E-state index in [-0.39, 0.29) is 5.82 Å². The zero-order valence-corrected chi connectivity index (χ0v) is 10.8. The molecular weight excluding hydrogens is 252 g/mol. The van der Waals surface area contributed by atoms with Crippen molar-refractivity contribution in [3.05, 3.63) is 23.9 Å². The van der Waals surface area contributed by atoms with Gasteiger partial charge in [0.25, 0.3) is 0 Å². The molecule has 4 nitrogen and oxygen atoms in total. The molecular formula is C13H19F2N3O. The molecule has 106 valence electrons. The number of aromatic nitrogens is 1. The molecule has 6 heteroatoms. The molecule has 19 heavy (non-hydrogen) atoms. The van der Waals surface area contributed by atoms with Crippen LogP contribution in [-0.4, -0.2) is 37.3 Å². The van der Waals surface area contributed by atoms with Crippen LogP contribution in [0.2, 0.25) is 0 Å². The van der Waals surface area contributed by atoms with Gasteiger partial charge in [0.15, 0.2) is 11.6 Å². The fourth-order valence-corrected chi connectivity index (χ4v) is 2.04. The Kier molecular flexibility index (Phi) is 5.47. The van der Waals surface area contributed by atoms with Gasteiger partial charge in [0.1, 0.15) is 5.82 Å². The normalized spacial score (nSPS) is 16.5. The molecule has 0 bridgehead atoms. The quantitative estimate of drug-likeness (QED) is 0.776. The summed E-state index contributed by atoms with van der Waals surface area (Å²) in [4.78, 5) is 3.66. The lowest BCUT2D eigenvalue weighted by Crippen LogP contribution is -2.32. The summed E-state index contributed by atoms with van der Waals surface area (Å²) in [5.74, 6) is -1.25. The van der Waals surface area contributed by atoms with Gasteiger partial charge in [0.2, 0.25) is 0 Å². The number of hydrogen-bond donors (Lipinski definition) is 2. The van der Waals surface area contributed by atoms with Crippen molar-refractivity contribution in [3.8, 4) is 0 Å². The molecule has 2 rings (SSSR count). The maximum absolute atomic E-state index is 13.2. The third-order valence-electron chi connectivity index (χ3n) is 3.06. The van der Waals surface area contributed by atoms with Crippen LogP contribution in [-0.2, 0) is 4.74 Å². The van der Waals surface area contributed by atoms with E-state index in [4.69, 9.17) is 4.74 Å². The molecule has 0 amide bonds. The maximum atomic E-state index is 13.2. The minimum absolute atomic E-state index is 0.0864. The third-order valence-corrected chi connectivity index (χ3v) is 3.06. The van der Waals surface area contributed by atoms with Crippen LogP contribution >= 0.6 is 0 Å². The topological polar surface area (TPSA) is 46.2 Å². The Labute approximate surface area is 111 Å². The molecule has 0 spiro atoms. The van der Waals surface area contributed by atoms with Gasteiger partial charge < -0.3 is 15.4 Å². The third kappa shape index (κ3) is 4.72. The van der Waals surface area contributed by atoms with Crippen molar-refractivity contribution in [2.75, 3.05) is 31.6 Å². The molecule has 1 fully saturated rings. The predicted octanol–water partition coefficient (Wildman–Crippen LogP) is 1.93. The molecule has 1 saturated heterocycles. The standard InChI is InChI=1S/C13H19F2N3O/c14-10-8-12(15)13(18-9-10)17-4-1-7-19-11-2-5-16-6-3-11/h8-9,11,16H,1-7H2,(H,17,18). The number of nitrogens with one attached hydrogen (secondary N) is 2. The fraction of sp³-hybridized carbons (Fsp3) is 0.615. The Morgan fingerprint density at radius 3 is 2.89 bits per heavy atom. The lowest BCUT2D eigenvalue weighted by atomic mass is 10.1. The van der Waals surface area contributed by atoms with E-state index in [0.29, 0.717) is 19.3 Å². The number of ether oxygens (including phenoxy) is 1. The summed E-state index contributed by atoms with van der Waals surface area (Å²) in [7, 11) is 0. The van der Waals surface area contributed by atoms with Gasteiger partial charge in [-0.3, -0.25) is 0 Å². The summed E-state index contributed by atoms with van der Waals surface area (Å²) in [6, 6.07) is 0.820. The van der Waals surface area contributed by atoms with Crippen molar-refractivity contribution < 1.29 is 13.5 Å². The minimum atomic E-state index is -0.669. The Balaban J connectivity index is 1.61. The van der Waals surface area contributed by atoms with E-state index < -0.39 is 11.6 Å². The van der Waals surface area contributed by atoms with E-state index in [2.05, 4.69) is 15.6 Å². The van der Waals surface area contributed by atoms with E-state index >= 15 is 0 Å². The predicted molar refractivity (Wildman–Crippen MR) is 69.1 cm³/mol. The zero-order valence-electron chi connectivity index (χ0n) is 10.8. The number of pyridine rings is 1. The molecule has 0 unspecified atom stereocenters. The monoisotopic (exact) mass is 271 g/mol. The number of nitrogens with zero attached hydrogens (tertiary/aromatic N) is 1. The molecule has 1 aromatic heterocycles. The van der Waals surface area contributed by atoms with Gasteiger partial charge in [-0.25, -0.2) is 13.8 Å². The largest absolute Gasteiger partial charge is 0.378 e. The number of rotatable bonds is 6. The van der Waals surface area contributed by atoms with Gasteiger partial charge in [0, 0.05) is 19.2 Å². The summed E-state index contributed by atoms with van der Waals surface area (Å²) in [5, 5.41) is 6.11. The lowest BCUT2D eigenvalue weighted by molar-refractivity contribution is 0.0329. The van der Waals surface area contributed by atoms with Crippen LogP contribution in [0.25, 0.3) is 0 Å². The van der Waals surface area contributed by atoms with E-state index in [0.717, 1.165) is 44.6 Å². The first-order chi connectivity index (χ1) is 9.25. The van der Waals surface area contributed by atoms with E-state index in [1.165, 1.54) is 0 Å². The Bertz CT molecular complexity index is 397. The van der Waals surface area contributed by atoms with Crippen LogP contribution in [0.5, 0.6) is 0 Å². The number of hydrogen-bond acceptors (Lipinski definition) is 4. The highest BCUT2D eigenvalue weighted by molar-refractivity contribution is 5.35. The second-order valence-electron chi connectivity index (χ2n) is 4.58. The maximum Gasteiger partial charge on any atom is 0.168 e. The van der Waals surface area contributed by atoms with Gasteiger partial charge >= 0.3 is 0 Å². The number of anilines is 1. The number of halogens is 2. The molecule has 1 aliphatic heterocycles. The fourth-order valence-electron chi connectivity index (χ4n) is 2.04. The summed E-state index contributed by atoms with van der Waals surface area (Å²) in [5.41, 5.74) is 0. The van der Waals surface area contributed by atoms with Crippen LogP contribution in [0.1, 0.15) is 19.3 Å². The second-order valence-corrected chi connectivity index (χ2v) is 4.58. The van der Waals surface area contributed by atoms with E-state index in [1.807, 2.05) is 0 Å². The first-order valence-electron chi connectivity index (χ1n) is 6.63. The number of piperidine rings is 1. The van der Waals surface area contributed by atoms with Crippen LogP contribution in [0.3, 0.4) is 0 Å². The van der Waals surface area contributed by atoms with E-state index in [1.54, 1.807) is 0 Å². The molecule has 0 radical (unpaired) electrons. The molecule has 0 saturated carbocycles. The second kappa shape index (κ2) is 7.35. The Morgan fingerprint density at radius 1 is 1.37 bits per heavy atom. The molecule has 0 atom stereocenters. The smallest absolute Gasteiger partial charge is 0.168 e. The van der Waals surface area contributed by atoms with Crippen LogP contribution < -0.4 is 10.6 Å². The average molecular weight is 271 g/mol. The van der Waals surface area contributed by atoms with Crippen molar-refractivity contribution >= 4 is 5.82 Å². The summed E-state index contributed by atoms with van der Waals surface area (Å²) < 4.78 is 31.6. The molecule has 1 aliphatic rings. The molecule has 2 heterocycles. The zero-order chi connectivity index (χ0) is 13.5.